The normalized spacial score (nSPS) is 19.1. The SMILES string of the molecule is Cc1nc([C@H](C)c2cc(Cl)c(F)c(C(=O)NC3CC[C@@H](O)C3)c2OC(C)C)n2ccnc(N)c12. The number of imidazole rings is 1. The summed E-state index contributed by atoms with van der Waals surface area (Å²) in [5.74, 6) is -0.794. The Morgan fingerprint density at radius 2 is 2.12 bits per heavy atom. The van der Waals surface area contributed by atoms with Crippen LogP contribution in [0.1, 0.15) is 73.4 Å². The van der Waals surface area contributed by atoms with E-state index < -0.39 is 23.7 Å². The lowest BCUT2D eigenvalue weighted by Crippen LogP contribution is -2.34. The molecule has 1 aliphatic carbocycles. The highest BCUT2D eigenvalue weighted by Gasteiger charge is 2.32. The summed E-state index contributed by atoms with van der Waals surface area (Å²) in [7, 11) is 0. The number of ether oxygens (including phenoxy) is 1. The predicted octanol–water partition coefficient (Wildman–Crippen LogP) is 3.99. The average molecular weight is 490 g/mol. The van der Waals surface area contributed by atoms with Gasteiger partial charge < -0.3 is 20.9 Å². The van der Waals surface area contributed by atoms with Crippen molar-refractivity contribution < 1.29 is 19.0 Å². The molecule has 0 saturated heterocycles. The van der Waals surface area contributed by atoms with Crippen LogP contribution in [-0.4, -0.2) is 43.6 Å². The van der Waals surface area contributed by atoms with Gasteiger partial charge in [-0.1, -0.05) is 18.5 Å². The number of aryl methyl sites for hydroxylation is 1. The van der Waals surface area contributed by atoms with E-state index in [1.54, 1.807) is 26.2 Å². The number of carbonyl (C=O) groups excluding carboxylic acids is 1. The number of fused-ring (bicyclic) bond motifs is 1. The van der Waals surface area contributed by atoms with Gasteiger partial charge in [-0.25, -0.2) is 14.4 Å². The molecule has 1 amide bonds. The van der Waals surface area contributed by atoms with Crippen molar-refractivity contribution in [2.24, 2.45) is 0 Å². The number of amides is 1. The van der Waals surface area contributed by atoms with E-state index in [1.807, 2.05) is 18.2 Å². The molecule has 34 heavy (non-hydrogen) atoms. The van der Waals surface area contributed by atoms with Crippen molar-refractivity contribution in [3.8, 4) is 5.75 Å². The molecule has 0 aliphatic heterocycles. The first-order valence-electron chi connectivity index (χ1n) is 11.3. The van der Waals surface area contributed by atoms with E-state index in [0.717, 1.165) is 0 Å². The Morgan fingerprint density at radius 3 is 2.76 bits per heavy atom. The molecule has 0 bridgehead atoms. The van der Waals surface area contributed by atoms with E-state index >= 15 is 4.39 Å². The number of nitrogens with one attached hydrogen (secondary N) is 1. The first-order valence-corrected chi connectivity index (χ1v) is 11.7. The van der Waals surface area contributed by atoms with Gasteiger partial charge >= 0.3 is 0 Å². The maximum Gasteiger partial charge on any atom is 0.258 e. The molecule has 182 valence electrons. The molecule has 4 rings (SSSR count). The summed E-state index contributed by atoms with van der Waals surface area (Å²) < 4.78 is 23.2. The first-order chi connectivity index (χ1) is 16.1. The van der Waals surface area contributed by atoms with Gasteiger partial charge in [0.05, 0.1) is 22.9 Å². The Bertz CT molecular complexity index is 1250. The molecule has 0 radical (unpaired) electrons. The van der Waals surface area contributed by atoms with Gasteiger partial charge in [0.1, 0.15) is 28.5 Å². The van der Waals surface area contributed by atoms with Gasteiger partial charge in [0.2, 0.25) is 0 Å². The third-order valence-corrected chi connectivity index (χ3v) is 6.43. The number of nitrogens with zero attached hydrogens (tertiary/aromatic N) is 3. The van der Waals surface area contributed by atoms with Crippen LogP contribution in [0.5, 0.6) is 5.75 Å². The Balaban J connectivity index is 1.84. The quantitative estimate of drug-likeness (QED) is 0.482. The monoisotopic (exact) mass is 489 g/mol. The molecule has 1 aromatic carbocycles. The van der Waals surface area contributed by atoms with Crippen LogP contribution in [-0.2, 0) is 0 Å². The topological polar surface area (TPSA) is 115 Å². The highest BCUT2D eigenvalue weighted by Crippen LogP contribution is 2.40. The van der Waals surface area contributed by atoms with E-state index in [2.05, 4.69) is 15.3 Å². The van der Waals surface area contributed by atoms with E-state index in [-0.39, 0.29) is 28.5 Å². The van der Waals surface area contributed by atoms with Gasteiger partial charge in [0.15, 0.2) is 5.82 Å². The maximum absolute atomic E-state index is 15.3. The lowest BCUT2D eigenvalue weighted by Gasteiger charge is -2.23. The molecular formula is C24H29ClFN5O3. The third kappa shape index (κ3) is 4.42. The summed E-state index contributed by atoms with van der Waals surface area (Å²) in [6, 6.07) is 1.24. The van der Waals surface area contributed by atoms with Gasteiger partial charge in [-0.2, -0.15) is 0 Å². The molecular weight excluding hydrogens is 461 g/mol. The second-order valence-electron chi connectivity index (χ2n) is 9.08. The number of hydrogen-bond acceptors (Lipinski definition) is 6. The molecule has 8 nitrogen and oxygen atoms in total. The fourth-order valence-corrected chi connectivity index (χ4v) is 4.79. The van der Waals surface area contributed by atoms with Crippen LogP contribution in [0.4, 0.5) is 10.2 Å². The molecule has 0 spiro atoms. The van der Waals surface area contributed by atoms with Gasteiger partial charge in [0.25, 0.3) is 5.91 Å². The van der Waals surface area contributed by atoms with Gasteiger partial charge in [-0.05, 0) is 46.1 Å². The molecule has 2 heterocycles. The fourth-order valence-electron chi connectivity index (χ4n) is 4.58. The van der Waals surface area contributed by atoms with Crippen molar-refractivity contribution >= 4 is 28.8 Å². The lowest BCUT2D eigenvalue weighted by atomic mass is 9.95. The molecule has 3 atom stereocenters. The molecule has 1 unspecified atom stereocenters. The summed E-state index contributed by atoms with van der Waals surface area (Å²) in [5.41, 5.74) is 7.72. The van der Waals surface area contributed by atoms with E-state index in [9.17, 15) is 9.90 Å². The van der Waals surface area contributed by atoms with Crippen LogP contribution in [0, 0.1) is 12.7 Å². The summed E-state index contributed by atoms with van der Waals surface area (Å²) in [5, 5.41) is 12.5. The minimum atomic E-state index is -0.845. The van der Waals surface area contributed by atoms with Gasteiger partial charge in [-0.15, -0.1) is 0 Å². The average Bonchev–Trinajstić information content (AvgIpc) is 3.33. The standard InChI is InChI=1S/C24H29ClFN5O3/c1-11(2)34-21-16(12(3)23-29-13(4)20-22(27)28-7-8-31(20)23)10-17(25)19(26)18(21)24(33)30-14-5-6-15(32)9-14/h7-8,10-12,14-15,32H,5-6,9H2,1-4H3,(H2,27,28)(H,30,33)/t12-,14?,15-/m1/s1. The molecule has 4 N–H and O–H groups in total. The first kappa shape index (κ1) is 24.2. The highest BCUT2D eigenvalue weighted by atomic mass is 35.5. The van der Waals surface area contributed by atoms with E-state index in [1.165, 1.54) is 6.07 Å². The Labute approximate surface area is 202 Å². The van der Waals surface area contributed by atoms with Crippen LogP contribution in [0.3, 0.4) is 0 Å². The zero-order chi connectivity index (χ0) is 24.7. The molecule has 1 fully saturated rings. The minimum Gasteiger partial charge on any atom is -0.490 e. The molecule has 1 saturated carbocycles. The largest absolute Gasteiger partial charge is 0.490 e. The van der Waals surface area contributed by atoms with Crippen molar-refractivity contribution in [2.45, 2.75) is 71.1 Å². The van der Waals surface area contributed by atoms with Gasteiger partial charge in [-0.3, -0.25) is 9.20 Å². The number of aliphatic hydroxyl groups is 1. The number of nitrogen functional groups attached to an aromatic ring is 1. The highest BCUT2D eigenvalue weighted by molar-refractivity contribution is 6.31. The Morgan fingerprint density at radius 1 is 1.38 bits per heavy atom. The second kappa shape index (κ2) is 9.38. The number of aromatic nitrogens is 3. The number of rotatable bonds is 6. The van der Waals surface area contributed by atoms with E-state index in [0.29, 0.717) is 47.7 Å². The van der Waals surface area contributed by atoms with Crippen molar-refractivity contribution in [3.63, 3.8) is 0 Å². The molecule has 1 aliphatic rings. The molecule has 3 aromatic rings. The summed E-state index contributed by atoms with van der Waals surface area (Å²) >= 11 is 6.28. The summed E-state index contributed by atoms with van der Waals surface area (Å²) in [6.07, 6.45) is 4.16. The third-order valence-electron chi connectivity index (χ3n) is 6.16. The van der Waals surface area contributed by atoms with Crippen molar-refractivity contribution in [3.05, 3.63) is 51.9 Å². The number of carbonyl (C=O) groups is 1. The number of benzene rings is 1. The number of hydrogen-bond donors (Lipinski definition) is 3. The van der Waals surface area contributed by atoms with Crippen LogP contribution in [0.2, 0.25) is 5.02 Å². The number of anilines is 1. The Hall–Kier alpha value is -2.91. The zero-order valence-corrected chi connectivity index (χ0v) is 20.4. The number of halogens is 2. The zero-order valence-electron chi connectivity index (χ0n) is 19.6. The van der Waals surface area contributed by atoms with E-state index in [4.69, 9.17) is 22.1 Å². The maximum atomic E-state index is 15.3. The smallest absolute Gasteiger partial charge is 0.258 e. The van der Waals surface area contributed by atoms with Crippen molar-refractivity contribution in [1.29, 1.82) is 0 Å². The Kier molecular flexibility index (Phi) is 6.69. The van der Waals surface area contributed by atoms with Crippen LogP contribution in [0.15, 0.2) is 18.5 Å². The predicted molar refractivity (Wildman–Crippen MR) is 128 cm³/mol. The number of nitrogens with two attached hydrogens (primary N) is 1. The van der Waals surface area contributed by atoms with Crippen molar-refractivity contribution in [1.82, 2.24) is 19.7 Å². The van der Waals surface area contributed by atoms with Crippen molar-refractivity contribution in [2.75, 3.05) is 5.73 Å². The summed E-state index contributed by atoms with van der Waals surface area (Å²) in [6.45, 7) is 7.33. The molecule has 2 aromatic heterocycles. The minimum absolute atomic E-state index is 0.122. The van der Waals surface area contributed by atoms with Gasteiger partial charge in [0, 0.05) is 29.9 Å². The molecule has 10 heteroatoms. The second-order valence-corrected chi connectivity index (χ2v) is 9.48. The van der Waals surface area contributed by atoms with Crippen LogP contribution < -0.4 is 15.8 Å². The van der Waals surface area contributed by atoms with Crippen LogP contribution in [0.25, 0.3) is 5.52 Å². The fraction of sp³-hybridized carbons (Fsp3) is 0.458. The van der Waals surface area contributed by atoms with Crippen LogP contribution >= 0.6 is 11.6 Å². The number of aliphatic hydroxyl groups excluding tert-OH is 1. The lowest BCUT2D eigenvalue weighted by molar-refractivity contribution is 0.0923. The summed E-state index contributed by atoms with van der Waals surface area (Å²) in [4.78, 5) is 22.1.